The van der Waals surface area contributed by atoms with Crippen molar-refractivity contribution in [3.8, 4) is 0 Å². The predicted octanol–water partition coefficient (Wildman–Crippen LogP) is 5.93. The molecule has 0 aromatic heterocycles. The molecule has 0 fully saturated rings. The van der Waals surface area contributed by atoms with Gasteiger partial charge in [0, 0.05) is 11.6 Å². The van der Waals surface area contributed by atoms with Crippen molar-refractivity contribution in [2.75, 3.05) is 11.9 Å². The SMILES string of the molecule is CCCCC(CC)CNc1cc(Cl)c(C)cc1Cl. The molecule has 18 heavy (non-hydrogen) atoms. The van der Waals surface area contributed by atoms with Gasteiger partial charge in [-0.25, -0.2) is 0 Å². The third-order valence-corrected chi connectivity index (χ3v) is 4.09. The quantitative estimate of drug-likeness (QED) is 0.655. The molecule has 0 heterocycles. The minimum absolute atomic E-state index is 0.709. The molecule has 0 saturated carbocycles. The van der Waals surface area contributed by atoms with Crippen LogP contribution in [0.2, 0.25) is 10.0 Å². The summed E-state index contributed by atoms with van der Waals surface area (Å²) >= 11 is 12.3. The van der Waals surface area contributed by atoms with Crippen molar-refractivity contribution in [1.29, 1.82) is 0 Å². The summed E-state index contributed by atoms with van der Waals surface area (Å²) in [4.78, 5) is 0. The normalized spacial score (nSPS) is 12.5. The minimum atomic E-state index is 0.709. The first-order valence-electron chi connectivity index (χ1n) is 6.78. The fourth-order valence-electron chi connectivity index (χ4n) is 1.98. The Morgan fingerprint density at radius 1 is 1.17 bits per heavy atom. The molecular weight excluding hydrogens is 265 g/mol. The van der Waals surface area contributed by atoms with Gasteiger partial charge in [0.2, 0.25) is 0 Å². The highest BCUT2D eigenvalue weighted by atomic mass is 35.5. The molecule has 1 N–H and O–H groups in total. The summed E-state index contributed by atoms with van der Waals surface area (Å²) < 4.78 is 0. The maximum Gasteiger partial charge on any atom is 0.0641 e. The molecule has 0 spiro atoms. The van der Waals surface area contributed by atoms with Crippen LogP contribution >= 0.6 is 23.2 Å². The van der Waals surface area contributed by atoms with Gasteiger partial charge in [0.25, 0.3) is 0 Å². The van der Waals surface area contributed by atoms with Crippen LogP contribution in [0.25, 0.3) is 0 Å². The van der Waals surface area contributed by atoms with Crippen molar-refractivity contribution in [3.05, 3.63) is 27.7 Å². The average molecular weight is 288 g/mol. The second-order valence-corrected chi connectivity index (χ2v) is 5.69. The summed E-state index contributed by atoms with van der Waals surface area (Å²) in [6.07, 6.45) is 5.03. The van der Waals surface area contributed by atoms with Crippen molar-refractivity contribution in [2.45, 2.75) is 46.5 Å². The molecule has 102 valence electrons. The van der Waals surface area contributed by atoms with E-state index in [0.29, 0.717) is 5.92 Å². The van der Waals surface area contributed by atoms with Gasteiger partial charge in [-0.1, -0.05) is 56.3 Å². The Morgan fingerprint density at radius 2 is 1.89 bits per heavy atom. The summed E-state index contributed by atoms with van der Waals surface area (Å²) in [6.45, 7) is 7.41. The zero-order chi connectivity index (χ0) is 13.5. The molecule has 0 saturated heterocycles. The van der Waals surface area contributed by atoms with E-state index in [-0.39, 0.29) is 0 Å². The fourth-order valence-corrected chi connectivity index (χ4v) is 2.43. The lowest BCUT2D eigenvalue weighted by Gasteiger charge is -2.17. The Balaban J connectivity index is 2.59. The van der Waals surface area contributed by atoms with Crippen molar-refractivity contribution < 1.29 is 0 Å². The van der Waals surface area contributed by atoms with E-state index in [4.69, 9.17) is 23.2 Å². The van der Waals surface area contributed by atoms with Crippen LogP contribution < -0.4 is 5.32 Å². The highest BCUT2D eigenvalue weighted by molar-refractivity contribution is 6.35. The second kappa shape index (κ2) is 7.91. The van der Waals surface area contributed by atoms with Crippen LogP contribution in [0.1, 0.15) is 45.1 Å². The summed E-state index contributed by atoms with van der Waals surface area (Å²) in [5, 5.41) is 4.94. The molecule has 0 aliphatic heterocycles. The van der Waals surface area contributed by atoms with E-state index in [9.17, 15) is 0 Å². The summed E-state index contributed by atoms with van der Waals surface area (Å²) in [5.41, 5.74) is 1.97. The number of unbranched alkanes of at least 4 members (excludes halogenated alkanes) is 1. The zero-order valence-corrected chi connectivity index (χ0v) is 13.0. The number of anilines is 1. The Hall–Kier alpha value is -0.400. The standard InChI is InChI=1S/C15H23Cl2N/c1-4-6-7-12(5-2)10-18-15-9-13(16)11(3)8-14(15)17/h8-9,12,18H,4-7,10H2,1-3H3. The average Bonchev–Trinajstić information content (AvgIpc) is 2.35. The number of aryl methyl sites for hydroxylation is 1. The minimum Gasteiger partial charge on any atom is -0.384 e. The molecule has 1 unspecified atom stereocenters. The Kier molecular flexibility index (Phi) is 6.88. The van der Waals surface area contributed by atoms with Gasteiger partial charge in [0.05, 0.1) is 10.7 Å². The molecule has 0 bridgehead atoms. The maximum absolute atomic E-state index is 6.21. The smallest absolute Gasteiger partial charge is 0.0641 e. The third kappa shape index (κ3) is 4.70. The van der Waals surface area contributed by atoms with Gasteiger partial charge >= 0.3 is 0 Å². The topological polar surface area (TPSA) is 12.0 Å². The lowest BCUT2D eigenvalue weighted by atomic mass is 9.99. The molecule has 0 amide bonds. The lowest BCUT2D eigenvalue weighted by molar-refractivity contribution is 0.473. The molecular formula is C15H23Cl2N. The van der Waals surface area contributed by atoms with Crippen LogP contribution in [0.5, 0.6) is 0 Å². The van der Waals surface area contributed by atoms with Gasteiger partial charge in [-0.15, -0.1) is 0 Å². The first-order valence-corrected chi connectivity index (χ1v) is 7.53. The van der Waals surface area contributed by atoms with E-state index >= 15 is 0 Å². The summed E-state index contributed by atoms with van der Waals surface area (Å²) in [6, 6.07) is 3.84. The largest absolute Gasteiger partial charge is 0.384 e. The molecule has 0 radical (unpaired) electrons. The highest BCUT2D eigenvalue weighted by Gasteiger charge is 2.08. The van der Waals surface area contributed by atoms with Crippen LogP contribution in [-0.4, -0.2) is 6.54 Å². The van der Waals surface area contributed by atoms with E-state index < -0.39 is 0 Å². The molecule has 1 rings (SSSR count). The number of benzene rings is 1. The maximum atomic E-state index is 6.21. The second-order valence-electron chi connectivity index (χ2n) is 4.88. The number of hydrogen-bond donors (Lipinski definition) is 1. The van der Waals surface area contributed by atoms with Crippen LogP contribution in [-0.2, 0) is 0 Å². The molecule has 1 atom stereocenters. The van der Waals surface area contributed by atoms with Crippen LogP contribution in [0.15, 0.2) is 12.1 Å². The van der Waals surface area contributed by atoms with Crippen LogP contribution in [0.3, 0.4) is 0 Å². The highest BCUT2D eigenvalue weighted by Crippen LogP contribution is 2.29. The van der Waals surface area contributed by atoms with Gasteiger partial charge in [-0.05, 0) is 37.0 Å². The summed E-state index contributed by atoms with van der Waals surface area (Å²) in [5.74, 6) is 0.709. The number of rotatable bonds is 7. The van der Waals surface area contributed by atoms with E-state index in [1.165, 1.54) is 25.7 Å². The van der Waals surface area contributed by atoms with Gasteiger partial charge < -0.3 is 5.32 Å². The van der Waals surface area contributed by atoms with Crippen molar-refractivity contribution >= 4 is 28.9 Å². The summed E-state index contributed by atoms with van der Waals surface area (Å²) in [7, 11) is 0. The van der Waals surface area contributed by atoms with Gasteiger partial charge in [-0.3, -0.25) is 0 Å². The molecule has 1 nitrogen and oxygen atoms in total. The van der Waals surface area contributed by atoms with Crippen molar-refractivity contribution in [3.63, 3.8) is 0 Å². The molecule has 1 aromatic carbocycles. The van der Waals surface area contributed by atoms with Crippen molar-refractivity contribution in [1.82, 2.24) is 0 Å². The Morgan fingerprint density at radius 3 is 2.50 bits per heavy atom. The lowest BCUT2D eigenvalue weighted by Crippen LogP contribution is -2.14. The first-order chi connectivity index (χ1) is 8.58. The Labute approximate surface area is 121 Å². The molecule has 1 aromatic rings. The van der Waals surface area contributed by atoms with Crippen LogP contribution in [0, 0.1) is 12.8 Å². The predicted molar refractivity (Wildman–Crippen MR) is 83.0 cm³/mol. The number of halogens is 2. The van der Waals surface area contributed by atoms with E-state index in [2.05, 4.69) is 19.2 Å². The monoisotopic (exact) mass is 287 g/mol. The number of hydrogen-bond acceptors (Lipinski definition) is 1. The molecule has 0 aliphatic rings. The zero-order valence-electron chi connectivity index (χ0n) is 11.5. The van der Waals surface area contributed by atoms with E-state index in [1.54, 1.807) is 0 Å². The third-order valence-electron chi connectivity index (χ3n) is 3.37. The van der Waals surface area contributed by atoms with Gasteiger partial charge in [-0.2, -0.15) is 0 Å². The van der Waals surface area contributed by atoms with Gasteiger partial charge in [0.15, 0.2) is 0 Å². The first kappa shape index (κ1) is 15.7. The van der Waals surface area contributed by atoms with Gasteiger partial charge in [0.1, 0.15) is 0 Å². The molecule has 0 aliphatic carbocycles. The van der Waals surface area contributed by atoms with E-state index in [1.807, 2.05) is 19.1 Å². The number of nitrogens with one attached hydrogen (secondary N) is 1. The van der Waals surface area contributed by atoms with Crippen molar-refractivity contribution in [2.24, 2.45) is 5.92 Å². The van der Waals surface area contributed by atoms with E-state index in [0.717, 1.165) is 27.8 Å². The Bertz CT molecular complexity index is 377. The molecule has 3 heteroatoms. The fraction of sp³-hybridized carbons (Fsp3) is 0.600. The van der Waals surface area contributed by atoms with Crippen LogP contribution in [0.4, 0.5) is 5.69 Å².